The first-order valence-corrected chi connectivity index (χ1v) is 6.38. The second-order valence-electron chi connectivity index (χ2n) is 4.56. The Morgan fingerprint density at radius 1 is 1.25 bits per heavy atom. The zero-order valence-corrected chi connectivity index (χ0v) is 11.6. The average molecular weight is 270 g/mol. The minimum absolute atomic E-state index is 0.413. The van der Waals surface area contributed by atoms with Crippen LogP contribution in [0.1, 0.15) is 21.5 Å². The number of benzene rings is 2. The highest BCUT2D eigenvalue weighted by atomic mass is 16.5. The molecule has 104 valence electrons. The molecule has 0 bridgehead atoms. The van der Waals surface area contributed by atoms with Gasteiger partial charge in [-0.25, -0.2) is 0 Å². The Bertz CT molecular complexity index is 624. The van der Waals surface area contributed by atoms with Crippen LogP contribution in [-0.4, -0.2) is 13.0 Å². The third-order valence-electron chi connectivity index (χ3n) is 3.17. The van der Waals surface area contributed by atoms with Crippen LogP contribution in [0.4, 0.5) is 5.69 Å². The summed E-state index contributed by atoms with van der Waals surface area (Å²) in [6, 6.07) is 13.2. The van der Waals surface area contributed by atoms with Gasteiger partial charge in [-0.15, -0.1) is 0 Å². The lowest BCUT2D eigenvalue weighted by Gasteiger charge is -2.12. The van der Waals surface area contributed by atoms with Crippen molar-refractivity contribution in [2.45, 2.75) is 13.5 Å². The highest BCUT2D eigenvalue weighted by Crippen LogP contribution is 2.21. The molecule has 0 atom stereocenters. The fourth-order valence-corrected chi connectivity index (χ4v) is 2.05. The lowest BCUT2D eigenvalue weighted by Crippen LogP contribution is -2.11. The molecule has 0 spiro atoms. The third kappa shape index (κ3) is 3.09. The van der Waals surface area contributed by atoms with Crippen LogP contribution in [0.25, 0.3) is 0 Å². The summed E-state index contributed by atoms with van der Waals surface area (Å²) < 4.78 is 5.31. The Hall–Kier alpha value is -2.49. The summed E-state index contributed by atoms with van der Waals surface area (Å²) in [5, 5.41) is 3.34. The number of carbonyl (C=O) groups is 1. The van der Waals surface area contributed by atoms with Gasteiger partial charge in [0.1, 0.15) is 5.75 Å². The van der Waals surface area contributed by atoms with Crippen LogP contribution in [0, 0.1) is 6.92 Å². The van der Waals surface area contributed by atoms with Gasteiger partial charge in [-0.2, -0.15) is 0 Å². The average Bonchev–Trinajstić information content (AvgIpc) is 2.46. The van der Waals surface area contributed by atoms with Crippen molar-refractivity contribution < 1.29 is 9.53 Å². The second-order valence-corrected chi connectivity index (χ2v) is 4.56. The molecule has 0 heterocycles. The van der Waals surface area contributed by atoms with Gasteiger partial charge in [-0.05, 0) is 36.8 Å². The van der Waals surface area contributed by atoms with Crippen LogP contribution < -0.4 is 15.8 Å². The summed E-state index contributed by atoms with van der Waals surface area (Å²) in [7, 11) is 1.66. The van der Waals surface area contributed by atoms with Gasteiger partial charge in [-0.3, -0.25) is 4.79 Å². The molecule has 0 saturated carbocycles. The number of methoxy groups -OCH3 is 1. The number of primary amides is 1. The van der Waals surface area contributed by atoms with Crippen LogP contribution in [0.3, 0.4) is 0 Å². The Labute approximate surface area is 118 Å². The third-order valence-corrected chi connectivity index (χ3v) is 3.17. The molecule has 1 amide bonds. The van der Waals surface area contributed by atoms with Crippen molar-refractivity contribution in [2.24, 2.45) is 5.73 Å². The zero-order valence-electron chi connectivity index (χ0n) is 11.6. The van der Waals surface area contributed by atoms with Crippen LogP contribution in [0.5, 0.6) is 5.75 Å². The van der Waals surface area contributed by atoms with Crippen LogP contribution in [0.2, 0.25) is 0 Å². The number of rotatable bonds is 5. The van der Waals surface area contributed by atoms with Crippen molar-refractivity contribution in [1.82, 2.24) is 0 Å². The van der Waals surface area contributed by atoms with Crippen molar-refractivity contribution in [3.63, 3.8) is 0 Å². The summed E-state index contributed by atoms with van der Waals surface area (Å²) in [6.45, 7) is 2.60. The molecule has 0 aromatic heterocycles. The fraction of sp³-hybridized carbons (Fsp3) is 0.188. The maximum Gasteiger partial charge on any atom is 0.248 e. The van der Waals surface area contributed by atoms with E-state index in [1.807, 2.05) is 37.3 Å². The van der Waals surface area contributed by atoms with Gasteiger partial charge in [0.05, 0.1) is 7.11 Å². The predicted octanol–water partition coefficient (Wildman–Crippen LogP) is 2.71. The number of nitrogens with two attached hydrogens (primary N) is 1. The minimum Gasteiger partial charge on any atom is -0.496 e. The normalized spacial score (nSPS) is 10.1. The molecule has 2 aromatic carbocycles. The molecule has 0 radical (unpaired) electrons. The molecule has 0 aliphatic rings. The molecule has 4 nitrogen and oxygen atoms in total. The van der Waals surface area contributed by atoms with Gasteiger partial charge in [0.2, 0.25) is 5.91 Å². The Morgan fingerprint density at radius 3 is 2.65 bits per heavy atom. The molecule has 20 heavy (non-hydrogen) atoms. The van der Waals surface area contributed by atoms with Crippen molar-refractivity contribution in [3.8, 4) is 5.75 Å². The number of anilines is 1. The van der Waals surface area contributed by atoms with E-state index in [0.717, 1.165) is 22.6 Å². The summed E-state index contributed by atoms with van der Waals surface area (Å²) in [6.07, 6.45) is 0. The van der Waals surface area contributed by atoms with Gasteiger partial charge in [0.25, 0.3) is 0 Å². The quantitative estimate of drug-likeness (QED) is 0.878. The maximum atomic E-state index is 11.1. The lowest BCUT2D eigenvalue weighted by molar-refractivity contribution is 0.1000. The Balaban J connectivity index is 2.13. The first-order chi connectivity index (χ1) is 9.61. The van der Waals surface area contributed by atoms with E-state index in [4.69, 9.17) is 10.5 Å². The summed E-state index contributed by atoms with van der Waals surface area (Å²) in [4.78, 5) is 11.1. The number of carbonyl (C=O) groups excluding carboxylic acids is 1. The highest BCUT2D eigenvalue weighted by molar-refractivity contribution is 5.93. The molecule has 2 aromatic rings. The van der Waals surface area contributed by atoms with E-state index in [0.29, 0.717) is 12.1 Å². The Morgan fingerprint density at radius 2 is 2.00 bits per heavy atom. The summed E-state index contributed by atoms with van der Waals surface area (Å²) >= 11 is 0. The summed E-state index contributed by atoms with van der Waals surface area (Å²) in [5.41, 5.74) is 8.81. The van der Waals surface area contributed by atoms with Gasteiger partial charge in [-0.1, -0.05) is 18.2 Å². The number of nitrogens with one attached hydrogen (secondary N) is 1. The maximum absolute atomic E-state index is 11.1. The standard InChI is InChI=1S/C16H18N2O2/c1-11-9-12(16(17)19)7-8-14(11)18-10-13-5-3-4-6-15(13)20-2/h3-9,18H,10H2,1-2H3,(H2,17,19). The van der Waals surface area contributed by atoms with Gasteiger partial charge in [0.15, 0.2) is 0 Å². The number of para-hydroxylation sites is 1. The number of hydrogen-bond donors (Lipinski definition) is 2. The van der Waals surface area contributed by atoms with Crippen LogP contribution in [0.15, 0.2) is 42.5 Å². The molecule has 0 unspecified atom stereocenters. The topological polar surface area (TPSA) is 64.3 Å². The van der Waals surface area contributed by atoms with Crippen molar-refractivity contribution in [3.05, 3.63) is 59.2 Å². The van der Waals surface area contributed by atoms with E-state index in [1.54, 1.807) is 19.2 Å². The number of aryl methyl sites for hydroxylation is 1. The molecule has 4 heteroatoms. The molecule has 2 rings (SSSR count). The largest absolute Gasteiger partial charge is 0.496 e. The fourth-order valence-electron chi connectivity index (χ4n) is 2.05. The molecule has 0 fully saturated rings. The smallest absolute Gasteiger partial charge is 0.248 e. The molecule has 0 saturated heterocycles. The summed E-state index contributed by atoms with van der Waals surface area (Å²) in [5.74, 6) is 0.441. The van der Waals surface area contributed by atoms with Crippen molar-refractivity contribution >= 4 is 11.6 Å². The first kappa shape index (κ1) is 13.9. The minimum atomic E-state index is -0.413. The molecular weight excluding hydrogens is 252 g/mol. The Kier molecular flexibility index (Phi) is 4.25. The van der Waals surface area contributed by atoms with Crippen molar-refractivity contribution in [1.29, 1.82) is 0 Å². The lowest BCUT2D eigenvalue weighted by atomic mass is 10.1. The van der Waals surface area contributed by atoms with Gasteiger partial charge >= 0.3 is 0 Å². The first-order valence-electron chi connectivity index (χ1n) is 6.38. The van der Waals surface area contributed by atoms with Crippen LogP contribution in [-0.2, 0) is 6.54 Å². The second kappa shape index (κ2) is 6.10. The number of amides is 1. The number of ether oxygens (including phenoxy) is 1. The van der Waals surface area contributed by atoms with E-state index >= 15 is 0 Å². The van der Waals surface area contributed by atoms with Crippen molar-refractivity contribution in [2.75, 3.05) is 12.4 Å². The SMILES string of the molecule is COc1ccccc1CNc1ccc(C(N)=O)cc1C. The van der Waals surface area contributed by atoms with E-state index in [1.165, 1.54) is 0 Å². The monoisotopic (exact) mass is 270 g/mol. The van der Waals surface area contributed by atoms with E-state index < -0.39 is 5.91 Å². The molecule has 3 N–H and O–H groups in total. The van der Waals surface area contributed by atoms with E-state index in [2.05, 4.69) is 5.32 Å². The predicted molar refractivity (Wildman–Crippen MR) is 80.0 cm³/mol. The number of hydrogen-bond acceptors (Lipinski definition) is 3. The van der Waals surface area contributed by atoms with E-state index in [9.17, 15) is 4.79 Å². The highest BCUT2D eigenvalue weighted by Gasteiger charge is 2.05. The van der Waals surface area contributed by atoms with E-state index in [-0.39, 0.29) is 0 Å². The van der Waals surface area contributed by atoms with Gasteiger partial charge in [0, 0.05) is 23.4 Å². The molecule has 0 aliphatic heterocycles. The van der Waals surface area contributed by atoms with Crippen LogP contribution >= 0.6 is 0 Å². The zero-order chi connectivity index (χ0) is 14.5. The molecule has 0 aliphatic carbocycles. The molecular formula is C16H18N2O2. The van der Waals surface area contributed by atoms with Gasteiger partial charge < -0.3 is 15.8 Å².